The lowest BCUT2D eigenvalue weighted by Gasteiger charge is -2.29. The first kappa shape index (κ1) is 13.3. The fraction of sp³-hybridized carbons (Fsp3) is 0.438. The Kier molecular flexibility index (Phi) is 3.59. The van der Waals surface area contributed by atoms with Crippen LogP contribution in [0, 0.1) is 6.92 Å². The Bertz CT molecular complexity index is 632. The zero-order chi connectivity index (χ0) is 14.1. The van der Waals surface area contributed by atoms with Crippen molar-refractivity contribution in [2.24, 2.45) is 0 Å². The number of para-hydroxylation sites is 1. The van der Waals surface area contributed by atoms with E-state index in [9.17, 15) is 9.90 Å². The number of likely N-dealkylation sites (tertiary alicyclic amines) is 1. The van der Waals surface area contributed by atoms with Crippen molar-refractivity contribution in [2.75, 3.05) is 19.6 Å². The quantitative estimate of drug-likeness (QED) is 0.841. The summed E-state index contributed by atoms with van der Waals surface area (Å²) in [5.41, 5.74) is 2.72. The number of Topliss-reactive ketones (excluding diaryl/α,β-unsaturated/α-hetero) is 1. The van der Waals surface area contributed by atoms with Gasteiger partial charge in [0.05, 0.1) is 12.6 Å². The minimum absolute atomic E-state index is 0.133. The maximum atomic E-state index is 12.6. The highest BCUT2D eigenvalue weighted by Crippen LogP contribution is 2.23. The van der Waals surface area contributed by atoms with E-state index in [0.29, 0.717) is 13.1 Å². The van der Waals surface area contributed by atoms with Crippen LogP contribution in [0.4, 0.5) is 0 Å². The lowest BCUT2D eigenvalue weighted by Crippen LogP contribution is -2.41. The number of hydrogen-bond acceptors (Lipinski definition) is 3. The number of β-amino-alcohol motifs (C(OH)–C–C–N with tert-alkyl or cyclic N) is 1. The molecule has 1 aromatic heterocycles. The van der Waals surface area contributed by atoms with Gasteiger partial charge in [0.2, 0.25) is 0 Å². The molecule has 4 nitrogen and oxygen atoms in total. The standard InChI is InChI=1S/C16H20N2O2/c1-11-16(13-6-2-3-7-14(13)17-11)15(20)10-18-8-4-5-12(19)9-18/h2-3,6-7,12,17,19H,4-5,8-10H2,1H3. The summed E-state index contributed by atoms with van der Waals surface area (Å²) in [5, 5.41) is 10.7. The summed E-state index contributed by atoms with van der Waals surface area (Å²) in [4.78, 5) is 17.9. The molecule has 0 spiro atoms. The van der Waals surface area contributed by atoms with E-state index in [1.807, 2.05) is 31.2 Å². The maximum Gasteiger partial charge on any atom is 0.179 e. The van der Waals surface area contributed by atoms with Gasteiger partial charge in [0, 0.05) is 28.7 Å². The Morgan fingerprint density at radius 2 is 2.25 bits per heavy atom. The van der Waals surface area contributed by atoms with Crippen molar-refractivity contribution in [1.82, 2.24) is 9.88 Å². The Morgan fingerprint density at radius 3 is 3.05 bits per heavy atom. The van der Waals surface area contributed by atoms with E-state index in [4.69, 9.17) is 0 Å². The van der Waals surface area contributed by atoms with Crippen molar-refractivity contribution in [3.8, 4) is 0 Å². The molecule has 1 saturated heterocycles. The van der Waals surface area contributed by atoms with E-state index >= 15 is 0 Å². The first-order valence-corrected chi connectivity index (χ1v) is 7.16. The molecule has 1 unspecified atom stereocenters. The minimum Gasteiger partial charge on any atom is -0.392 e. The number of carbonyl (C=O) groups excluding carboxylic acids is 1. The van der Waals surface area contributed by atoms with E-state index in [1.165, 1.54) is 0 Å². The number of benzene rings is 1. The number of aromatic nitrogens is 1. The first-order valence-electron chi connectivity index (χ1n) is 7.16. The van der Waals surface area contributed by atoms with Gasteiger partial charge in [0.15, 0.2) is 5.78 Å². The largest absolute Gasteiger partial charge is 0.392 e. The summed E-state index contributed by atoms with van der Waals surface area (Å²) in [6.45, 7) is 3.83. The van der Waals surface area contributed by atoms with Crippen molar-refractivity contribution in [1.29, 1.82) is 0 Å². The molecule has 1 aromatic carbocycles. The van der Waals surface area contributed by atoms with Gasteiger partial charge >= 0.3 is 0 Å². The van der Waals surface area contributed by atoms with Crippen molar-refractivity contribution in [2.45, 2.75) is 25.9 Å². The van der Waals surface area contributed by atoms with Gasteiger partial charge in [-0.2, -0.15) is 0 Å². The van der Waals surface area contributed by atoms with Gasteiger partial charge in [-0.25, -0.2) is 0 Å². The molecule has 0 saturated carbocycles. The van der Waals surface area contributed by atoms with Crippen LogP contribution < -0.4 is 0 Å². The summed E-state index contributed by atoms with van der Waals surface area (Å²) >= 11 is 0. The topological polar surface area (TPSA) is 56.3 Å². The van der Waals surface area contributed by atoms with Crippen LogP contribution in [0.2, 0.25) is 0 Å². The zero-order valence-electron chi connectivity index (χ0n) is 11.7. The molecule has 0 radical (unpaired) electrons. The monoisotopic (exact) mass is 272 g/mol. The molecule has 0 bridgehead atoms. The summed E-state index contributed by atoms with van der Waals surface area (Å²) in [5.74, 6) is 0.133. The first-order chi connectivity index (χ1) is 9.65. The second kappa shape index (κ2) is 5.38. The molecule has 1 aliphatic heterocycles. The molecular formula is C16H20N2O2. The molecule has 106 valence electrons. The summed E-state index contributed by atoms with van der Waals surface area (Å²) in [6.07, 6.45) is 1.51. The lowest BCUT2D eigenvalue weighted by molar-refractivity contribution is 0.0634. The van der Waals surface area contributed by atoms with Crippen molar-refractivity contribution in [3.05, 3.63) is 35.5 Å². The molecular weight excluding hydrogens is 252 g/mol. The predicted octanol–water partition coefficient (Wildman–Crippen LogP) is 2.12. The third kappa shape index (κ3) is 2.49. The van der Waals surface area contributed by atoms with E-state index in [-0.39, 0.29) is 11.9 Å². The second-order valence-corrected chi connectivity index (χ2v) is 5.62. The number of hydrogen-bond donors (Lipinski definition) is 2. The maximum absolute atomic E-state index is 12.6. The molecule has 1 aliphatic rings. The van der Waals surface area contributed by atoms with Crippen LogP contribution in [0.15, 0.2) is 24.3 Å². The van der Waals surface area contributed by atoms with Crippen LogP contribution in [0.1, 0.15) is 28.9 Å². The number of piperidine rings is 1. The van der Waals surface area contributed by atoms with Crippen LogP contribution in [0.25, 0.3) is 10.9 Å². The summed E-state index contributed by atoms with van der Waals surface area (Å²) in [7, 11) is 0. The molecule has 1 atom stereocenters. The number of fused-ring (bicyclic) bond motifs is 1. The number of aromatic amines is 1. The average molecular weight is 272 g/mol. The van der Waals surface area contributed by atoms with Crippen LogP contribution in [0.5, 0.6) is 0 Å². The van der Waals surface area contributed by atoms with Gasteiger partial charge in [0.25, 0.3) is 0 Å². The third-order valence-corrected chi connectivity index (χ3v) is 4.02. The number of aryl methyl sites for hydroxylation is 1. The van der Waals surface area contributed by atoms with Gasteiger partial charge in [0.1, 0.15) is 0 Å². The van der Waals surface area contributed by atoms with Gasteiger partial charge in [-0.15, -0.1) is 0 Å². The van der Waals surface area contributed by atoms with Crippen LogP contribution in [-0.2, 0) is 0 Å². The fourth-order valence-corrected chi connectivity index (χ4v) is 3.09. The van der Waals surface area contributed by atoms with Crippen molar-refractivity contribution >= 4 is 16.7 Å². The van der Waals surface area contributed by atoms with E-state index in [0.717, 1.165) is 41.5 Å². The normalized spacial score (nSPS) is 20.4. The highest BCUT2D eigenvalue weighted by molar-refractivity contribution is 6.10. The Morgan fingerprint density at radius 1 is 1.45 bits per heavy atom. The molecule has 1 fully saturated rings. The van der Waals surface area contributed by atoms with Gasteiger partial charge in [-0.05, 0) is 32.4 Å². The van der Waals surface area contributed by atoms with Crippen LogP contribution >= 0.6 is 0 Å². The summed E-state index contributed by atoms with van der Waals surface area (Å²) < 4.78 is 0. The number of carbonyl (C=O) groups is 1. The van der Waals surface area contributed by atoms with Crippen molar-refractivity contribution in [3.63, 3.8) is 0 Å². The SMILES string of the molecule is Cc1[nH]c2ccccc2c1C(=O)CN1CCCC(O)C1. The molecule has 2 aromatic rings. The Balaban J connectivity index is 1.83. The fourth-order valence-electron chi connectivity index (χ4n) is 3.09. The van der Waals surface area contributed by atoms with Crippen LogP contribution in [-0.4, -0.2) is 46.5 Å². The molecule has 0 aliphatic carbocycles. The number of H-pyrrole nitrogens is 1. The van der Waals surface area contributed by atoms with Crippen LogP contribution in [0.3, 0.4) is 0 Å². The molecule has 2 N–H and O–H groups in total. The molecule has 0 amide bonds. The summed E-state index contributed by atoms with van der Waals surface area (Å²) in [6, 6.07) is 7.89. The average Bonchev–Trinajstić information content (AvgIpc) is 2.74. The Hall–Kier alpha value is -1.65. The smallest absolute Gasteiger partial charge is 0.179 e. The van der Waals surface area contributed by atoms with E-state index < -0.39 is 0 Å². The van der Waals surface area contributed by atoms with Gasteiger partial charge in [-0.1, -0.05) is 18.2 Å². The third-order valence-electron chi connectivity index (χ3n) is 4.02. The number of nitrogens with zero attached hydrogens (tertiary/aromatic N) is 1. The second-order valence-electron chi connectivity index (χ2n) is 5.62. The van der Waals surface area contributed by atoms with Gasteiger partial charge < -0.3 is 10.1 Å². The predicted molar refractivity (Wildman–Crippen MR) is 79.0 cm³/mol. The van der Waals surface area contributed by atoms with E-state index in [1.54, 1.807) is 0 Å². The molecule has 20 heavy (non-hydrogen) atoms. The number of ketones is 1. The van der Waals surface area contributed by atoms with E-state index in [2.05, 4.69) is 9.88 Å². The minimum atomic E-state index is -0.291. The molecule has 4 heteroatoms. The molecule has 2 heterocycles. The Labute approximate surface area is 118 Å². The highest BCUT2D eigenvalue weighted by atomic mass is 16.3. The number of aliphatic hydroxyl groups excluding tert-OH is 1. The molecule has 3 rings (SSSR count). The lowest BCUT2D eigenvalue weighted by atomic mass is 10.0. The number of rotatable bonds is 3. The number of nitrogens with one attached hydrogen (secondary N) is 1. The number of aliphatic hydroxyl groups is 1. The highest BCUT2D eigenvalue weighted by Gasteiger charge is 2.22. The van der Waals surface area contributed by atoms with Crippen molar-refractivity contribution < 1.29 is 9.90 Å². The zero-order valence-corrected chi connectivity index (χ0v) is 11.7. The van der Waals surface area contributed by atoms with Gasteiger partial charge in [-0.3, -0.25) is 9.69 Å².